The Bertz CT molecular complexity index is 355. The Morgan fingerprint density at radius 2 is 2.21 bits per heavy atom. The maximum absolute atomic E-state index is 10.9. The van der Waals surface area contributed by atoms with Gasteiger partial charge < -0.3 is 10.6 Å². The molecule has 0 radical (unpaired) electrons. The second kappa shape index (κ2) is 3.75. The normalized spacial score (nSPS) is 18.5. The van der Waals surface area contributed by atoms with Gasteiger partial charge in [0.2, 0.25) is 0 Å². The van der Waals surface area contributed by atoms with Crippen LogP contribution in [0.25, 0.3) is 0 Å². The Morgan fingerprint density at radius 3 is 2.86 bits per heavy atom. The quantitative estimate of drug-likeness (QED) is 0.606. The molecule has 2 rings (SSSR count). The largest absolute Gasteiger partial charge is 0.363 e. The number of rotatable bonds is 1. The Balaban J connectivity index is 2.12. The predicted molar refractivity (Wildman–Crippen MR) is 52.1 cm³/mol. The van der Waals surface area contributed by atoms with Gasteiger partial charge in [-0.25, -0.2) is 9.89 Å². The van der Waals surface area contributed by atoms with Crippen LogP contribution in [0.4, 0.5) is 5.82 Å². The Labute approximate surface area is 81.1 Å². The van der Waals surface area contributed by atoms with Crippen LogP contribution in [0.3, 0.4) is 0 Å². The van der Waals surface area contributed by atoms with Crippen molar-refractivity contribution >= 4 is 5.82 Å². The summed E-state index contributed by atoms with van der Waals surface area (Å²) >= 11 is 0. The van der Waals surface area contributed by atoms with E-state index in [0.29, 0.717) is 5.82 Å². The van der Waals surface area contributed by atoms with Crippen LogP contribution in [-0.4, -0.2) is 34.3 Å². The summed E-state index contributed by atoms with van der Waals surface area (Å²) in [7, 11) is 0. The third kappa shape index (κ3) is 1.90. The average molecular weight is 195 g/mol. The highest BCUT2D eigenvalue weighted by Gasteiger charge is 2.17. The van der Waals surface area contributed by atoms with Crippen LogP contribution in [-0.2, 0) is 0 Å². The van der Waals surface area contributed by atoms with Gasteiger partial charge in [-0.3, -0.25) is 0 Å². The van der Waals surface area contributed by atoms with Crippen LogP contribution >= 0.6 is 0 Å². The number of aromatic nitrogens is 3. The van der Waals surface area contributed by atoms with Crippen molar-refractivity contribution in [1.29, 1.82) is 0 Å². The van der Waals surface area contributed by atoms with E-state index in [1.807, 2.05) is 4.90 Å². The van der Waals surface area contributed by atoms with E-state index < -0.39 is 5.69 Å². The topological polar surface area (TPSA) is 87.9 Å². The summed E-state index contributed by atoms with van der Waals surface area (Å²) in [5, 5.41) is 5.96. The molecule has 0 unspecified atom stereocenters. The molecule has 76 valence electrons. The summed E-state index contributed by atoms with van der Waals surface area (Å²) in [6.07, 6.45) is 3.45. The molecule has 0 aromatic carbocycles. The first-order chi connectivity index (χ1) is 6.75. The molecule has 14 heavy (non-hydrogen) atoms. The van der Waals surface area contributed by atoms with Gasteiger partial charge in [-0.1, -0.05) is 0 Å². The molecule has 0 amide bonds. The first-order valence-electron chi connectivity index (χ1n) is 4.68. The number of H-pyrrole nitrogens is 1. The predicted octanol–water partition coefficient (Wildman–Crippen LogP) is -0.908. The van der Waals surface area contributed by atoms with Gasteiger partial charge in [0, 0.05) is 19.1 Å². The highest BCUT2D eigenvalue weighted by Crippen LogP contribution is 2.13. The minimum atomic E-state index is -0.405. The van der Waals surface area contributed by atoms with Gasteiger partial charge in [0.15, 0.2) is 5.82 Å². The van der Waals surface area contributed by atoms with Gasteiger partial charge in [0.25, 0.3) is 0 Å². The number of nitrogens with one attached hydrogen (secondary N) is 1. The lowest BCUT2D eigenvalue weighted by Gasteiger charge is -2.30. The molecule has 0 atom stereocenters. The summed E-state index contributed by atoms with van der Waals surface area (Å²) in [6.45, 7) is 1.69. The lowest BCUT2D eigenvalue weighted by Crippen LogP contribution is -2.40. The molecule has 0 spiro atoms. The first kappa shape index (κ1) is 9.14. The number of nitrogens with two attached hydrogens (primary N) is 1. The summed E-state index contributed by atoms with van der Waals surface area (Å²) in [5.41, 5.74) is 5.37. The smallest absolute Gasteiger partial charge is 0.355 e. The molecule has 0 bridgehead atoms. The zero-order chi connectivity index (χ0) is 9.97. The molecule has 6 nitrogen and oxygen atoms in total. The summed E-state index contributed by atoms with van der Waals surface area (Å²) < 4.78 is 0. The second-order valence-electron chi connectivity index (χ2n) is 3.47. The van der Waals surface area contributed by atoms with Crippen molar-refractivity contribution in [3.05, 3.63) is 16.7 Å². The third-order valence-corrected chi connectivity index (χ3v) is 2.42. The van der Waals surface area contributed by atoms with E-state index in [2.05, 4.69) is 15.2 Å². The maximum atomic E-state index is 10.9. The fourth-order valence-corrected chi connectivity index (χ4v) is 1.58. The van der Waals surface area contributed by atoms with Gasteiger partial charge in [-0.15, -0.1) is 0 Å². The molecular weight excluding hydrogens is 182 g/mol. The van der Waals surface area contributed by atoms with Crippen LogP contribution in [0.2, 0.25) is 0 Å². The first-order valence-corrected chi connectivity index (χ1v) is 4.68. The van der Waals surface area contributed by atoms with Crippen LogP contribution in [0.5, 0.6) is 0 Å². The molecule has 1 aliphatic heterocycles. The molecule has 1 saturated heterocycles. The number of anilines is 1. The maximum Gasteiger partial charge on any atom is 0.363 e. The van der Waals surface area contributed by atoms with E-state index in [1.165, 1.54) is 0 Å². The summed E-state index contributed by atoms with van der Waals surface area (Å²) in [6, 6.07) is 0.279. The van der Waals surface area contributed by atoms with E-state index in [4.69, 9.17) is 5.73 Å². The fourth-order valence-electron chi connectivity index (χ4n) is 1.58. The van der Waals surface area contributed by atoms with Crippen molar-refractivity contribution in [1.82, 2.24) is 15.2 Å². The van der Waals surface area contributed by atoms with Crippen LogP contribution in [0, 0.1) is 0 Å². The number of piperidine rings is 1. The molecule has 1 aromatic heterocycles. The van der Waals surface area contributed by atoms with Crippen molar-refractivity contribution < 1.29 is 0 Å². The summed E-state index contributed by atoms with van der Waals surface area (Å²) in [4.78, 5) is 16.8. The standard InChI is InChI=1S/C8H13N5O/c9-6-1-3-13(4-2-6)7-5-10-12-8(14)11-7/h5-6H,1-4,9H2,(H,11,12,14). The molecule has 0 aliphatic carbocycles. The van der Waals surface area contributed by atoms with Gasteiger partial charge in [0.05, 0.1) is 6.20 Å². The second-order valence-corrected chi connectivity index (χ2v) is 3.47. The minimum Gasteiger partial charge on any atom is -0.355 e. The van der Waals surface area contributed by atoms with E-state index >= 15 is 0 Å². The van der Waals surface area contributed by atoms with E-state index in [1.54, 1.807) is 6.20 Å². The van der Waals surface area contributed by atoms with Crippen LogP contribution in [0.1, 0.15) is 12.8 Å². The van der Waals surface area contributed by atoms with Crippen LogP contribution < -0.4 is 16.3 Å². The highest BCUT2D eigenvalue weighted by atomic mass is 16.1. The van der Waals surface area contributed by atoms with Gasteiger partial charge >= 0.3 is 5.69 Å². The third-order valence-electron chi connectivity index (χ3n) is 2.42. The molecule has 1 fully saturated rings. The van der Waals surface area contributed by atoms with Crippen molar-refractivity contribution in [3.8, 4) is 0 Å². The Kier molecular flexibility index (Phi) is 2.45. The van der Waals surface area contributed by atoms with Crippen molar-refractivity contribution in [2.75, 3.05) is 18.0 Å². The number of hydrogen-bond acceptors (Lipinski definition) is 5. The molecular formula is C8H13N5O. The molecule has 1 aliphatic rings. The van der Waals surface area contributed by atoms with Crippen LogP contribution in [0.15, 0.2) is 11.0 Å². The molecule has 3 N–H and O–H groups in total. The highest BCUT2D eigenvalue weighted by molar-refractivity contribution is 5.34. The zero-order valence-electron chi connectivity index (χ0n) is 7.81. The Morgan fingerprint density at radius 1 is 1.50 bits per heavy atom. The number of aromatic amines is 1. The zero-order valence-corrected chi connectivity index (χ0v) is 7.81. The number of nitrogens with zero attached hydrogens (tertiary/aromatic N) is 3. The van der Waals surface area contributed by atoms with Crippen molar-refractivity contribution in [2.24, 2.45) is 5.73 Å². The van der Waals surface area contributed by atoms with Gasteiger partial charge in [-0.05, 0) is 12.8 Å². The van der Waals surface area contributed by atoms with Crippen molar-refractivity contribution in [2.45, 2.75) is 18.9 Å². The Hall–Kier alpha value is -1.43. The van der Waals surface area contributed by atoms with Gasteiger partial charge in [0.1, 0.15) is 0 Å². The van der Waals surface area contributed by atoms with E-state index in [9.17, 15) is 4.79 Å². The molecule has 1 aromatic rings. The van der Waals surface area contributed by atoms with Gasteiger partial charge in [-0.2, -0.15) is 10.1 Å². The lowest BCUT2D eigenvalue weighted by molar-refractivity contribution is 0.497. The van der Waals surface area contributed by atoms with Crippen molar-refractivity contribution in [3.63, 3.8) is 0 Å². The summed E-state index contributed by atoms with van der Waals surface area (Å²) in [5.74, 6) is 0.639. The minimum absolute atomic E-state index is 0.279. The number of hydrogen-bond donors (Lipinski definition) is 2. The molecule has 2 heterocycles. The monoisotopic (exact) mass is 195 g/mol. The van der Waals surface area contributed by atoms with E-state index in [-0.39, 0.29) is 6.04 Å². The lowest BCUT2D eigenvalue weighted by atomic mass is 10.1. The van der Waals surface area contributed by atoms with E-state index in [0.717, 1.165) is 25.9 Å². The molecule has 6 heteroatoms. The fraction of sp³-hybridized carbons (Fsp3) is 0.625. The molecule has 0 saturated carbocycles. The average Bonchev–Trinajstić information content (AvgIpc) is 2.19. The SMILES string of the molecule is NC1CCN(c2cn[nH]c(=O)n2)CC1.